The minimum atomic E-state index is -4.77. The third-order valence-electron chi connectivity index (χ3n) is 3.94. The van der Waals surface area contributed by atoms with Crippen LogP contribution in [0.5, 0.6) is 0 Å². The van der Waals surface area contributed by atoms with Gasteiger partial charge in [0.25, 0.3) is 0 Å². The van der Waals surface area contributed by atoms with Crippen LogP contribution in [-0.2, 0) is 14.6 Å². The molecule has 0 aliphatic rings. The molecule has 0 radical (unpaired) electrons. The first-order chi connectivity index (χ1) is 12.1. The van der Waals surface area contributed by atoms with Gasteiger partial charge in [0.1, 0.15) is 0 Å². The Morgan fingerprint density at radius 3 is 2.23 bits per heavy atom. The van der Waals surface area contributed by atoms with Crippen LogP contribution in [-0.4, -0.2) is 33.7 Å². The lowest BCUT2D eigenvalue weighted by atomic mass is 10.1. The Hall–Kier alpha value is -2.48. The molecule has 0 heterocycles. The number of nitrogens with zero attached hydrogens (tertiary/aromatic N) is 1. The molecule has 5 nitrogen and oxygen atoms in total. The fourth-order valence-corrected chi connectivity index (χ4v) is 3.58. The number of aryl methyl sites for hydroxylation is 2. The zero-order valence-corrected chi connectivity index (χ0v) is 15.5. The molecule has 2 rings (SSSR count). The van der Waals surface area contributed by atoms with E-state index in [1.54, 1.807) is 0 Å². The van der Waals surface area contributed by atoms with E-state index in [9.17, 15) is 22.0 Å². The summed E-state index contributed by atoms with van der Waals surface area (Å²) in [5.74, 6) is -3.91. The van der Waals surface area contributed by atoms with Crippen molar-refractivity contribution in [3.8, 4) is 0 Å². The molecule has 1 amide bonds. The molecule has 0 aliphatic carbocycles. The van der Waals surface area contributed by atoms with Gasteiger partial charge >= 0.3 is 5.76 Å². The molecule has 0 unspecified atom stereocenters. The molecule has 0 spiro atoms. The fourth-order valence-electron chi connectivity index (χ4n) is 2.60. The topological polar surface area (TPSA) is 66.5 Å². The van der Waals surface area contributed by atoms with Gasteiger partial charge in [0, 0.05) is 12.7 Å². The molecule has 0 fully saturated rings. The molecule has 1 N–H and O–H groups in total. The van der Waals surface area contributed by atoms with E-state index in [1.165, 1.54) is 30.1 Å². The smallest absolute Gasteiger partial charge is 0.341 e. The second-order valence-corrected chi connectivity index (χ2v) is 7.83. The maximum atomic E-state index is 12.9. The van der Waals surface area contributed by atoms with Crippen molar-refractivity contribution < 1.29 is 22.0 Å². The molecular weight excluding hydrogens is 362 g/mol. The second kappa shape index (κ2) is 7.82. The summed E-state index contributed by atoms with van der Waals surface area (Å²) in [5, 5.41) is 2.78. The molecule has 0 aromatic heterocycles. The van der Waals surface area contributed by atoms with Crippen molar-refractivity contribution in [1.82, 2.24) is 0 Å². The SMILES string of the molecule is Cc1cccc(C)c1NC(=O)CN(C)c1ccccc1S(=O)(=O)C(F)F. The van der Waals surface area contributed by atoms with Gasteiger partial charge in [0.05, 0.1) is 17.1 Å². The van der Waals surface area contributed by atoms with Gasteiger partial charge in [-0.3, -0.25) is 4.79 Å². The molecule has 0 aliphatic heterocycles. The van der Waals surface area contributed by atoms with Crippen LogP contribution in [0, 0.1) is 13.8 Å². The molecule has 2 aromatic carbocycles. The molecular formula is C18H20F2N2O3S. The summed E-state index contributed by atoms with van der Waals surface area (Å²) in [6.07, 6.45) is 0. The lowest BCUT2D eigenvalue weighted by Crippen LogP contribution is -2.31. The molecule has 0 saturated carbocycles. The van der Waals surface area contributed by atoms with E-state index in [-0.39, 0.29) is 18.1 Å². The molecule has 26 heavy (non-hydrogen) atoms. The summed E-state index contributed by atoms with van der Waals surface area (Å²) < 4.78 is 49.5. The zero-order valence-electron chi connectivity index (χ0n) is 14.7. The van der Waals surface area contributed by atoms with Crippen LogP contribution in [0.3, 0.4) is 0 Å². The number of carbonyl (C=O) groups is 1. The second-order valence-electron chi connectivity index (χ2n) is 5.94. The number of amides is 1. The van der Waals surface area contributed by atoms with Crippen LogP contribution in [0.15, 0.2) is 47.4 Å². The number of halogens is 2. The van der Waals surface area contributed by atoms with E-state index in [4.69, 9.17) is 0 Å². The Morgan fingerprint density at radius 2 is 1.65 bits per heavy atom. The first-order valence-electron chi connectivity index (χ1n) is 7.83. The highest BCUT2D eigenvalue weighted by atomic mass is 32.2. The third kappa shape index (κ3) is 4.19. The number of hydrogen-bond acceptors (Lipinski definition) is 4. The van der Waals surface area contributed by atoms with Gasteiger partial charge in [-0.1, -0.05) is 30.3 Å². The average molecular weight is 382 g/mol. The highest BCUT2D eigenvalue weighted by Crippen LogP contribution is 2.28. The van der Waals surface area contributed by atoms with E-state index in [0.717, 1.165) is 17.2 Å². The van der Waals surface area contributed by atoms with E-state index in [1.807, 2.05) is 32.0 Å². The highest BCUT2D eigenvalue weighted by molar-refractivity contribution is 7.91. The Labute approximate surface area is 151 Å². The van der Waals surface area contributed by atoms with Gasteiger partial charge in [-0.15, -0.1) is 0 Å². The highest BCUT2D eigenvalue weighted by Gasteiger charge is 2.30. The largest absolute Gasteiger partial charge is 0.364 e. The number of hydrogen-bond donors (Lipinski definition) is 1. The molecule has 0 bridgehead atoms. The quantitative estimate of drug-likeness (QED) is 0.832. The van der Waals surface area contributed by atoms with E-state index in [0.29, 0.717) is 5.69 Å². The number of para-hydroxylation sites is 2. The standard InChI is InChI=1S/C18H20F2N2O3S/c1-12-7-6-8-13(2)17(12)21-16(23)11-22(3)14-9-4-5-10-15(14)26(24,25)18(19)20/h4-10,18H,11H2,1-3H3,(H,21,23). The Morgan fingerprint density at radius 1 is 1.08 bits per heavy atom. The minimum absolute atomic E-state index is 0.0458. The Balaban J connectivity index is 2.23. The van der Waals surface area contributed by atoms with E-state index in [2.05, 4.69) is 5.32 Å². The summed E-state index contributed by atoms with van der Waals surface area (Å²) in [4.78, 5) is 13.2. The molecule has 0 atom stereocenters. The van der Waals surface area contributed by atoms with Gasteiger partial charge in [-0.05, 0) is 37.1 Å². The van der Waals surface area contributed by atoms with Crippen LogP contribution >= 0.6 is 0 Å². The first kappa shape index (κ1) is 19.8. The number of sulfone groups is 1. The van der Waals surface area contributed by atoms with Crippen molar-refractivity contribution in [1.29, 1.82) is 0 Å². The predicted molar refractivity (Wildman–Crippen MR) is 97.4 cm³/mol. The summed E-state index contributed by atoms with van der Waals surface area (Å²) >= 11 is 0. The lowest BCUT2D eigenvalue weighted by molar-refractivity contribution is -0.114. The summed E-state index contributed by atoms with van der Waals surface area (Å²) in [6, 6.07) is 11.0. The van der Waals surface area contributed by atoms with Crippen LogP contribution in [0.2, 0.25) is 0 Å². The third-order valence-corrected chi connectivity index (χ3v) is 5.37. The number of nitrogens with one attached hydrogen (secondary N) is 1. The van der Waals surface area contributed by atoms with Gasteiger partial charge in [-0.2, -0.15) is 8.78 Å². The van der Waals surface area contributed by atoms with Gasteiger partial charge in [0.2, 0.25) is 15.7 Å². The average Bonchev–Trinajstić information content (AvgIpc) is 2.58. The van der Waals surface area contributed by atoms with Crippen LogP contribution in [0.25, 0.3) is 0 Å². The Kier molecular flexibility index (Phi) is 5.97. The van der Waals surface area contributed by atoms with Crippen molar-refractivity contribution >= 4 is 27.1 Å². The maximum absolute atomic E-state index is 12.9. The van der Waals surface area contributed by atoms with Gasteiger partial charge in [-0.25, -0.2) is 8.42 Å². The van der Waals surface area contributed by atoms with Crippen molar-refractivity contribution in [2.24, 2.45) is 0 Å². The molecule has 8 heteroatoms. The molecule has 2 aromatic rings. The van der Waals surface area contributed by atoms with E-state index < -0.39 is 20.5 Å². The van der Waals surface area contributed by atoms with Crippen molar-refractivity contribution in [2.45, 2.75) is 24.5 Å². The normalized spacial score (nSPS) is 11.5. The Bertz CT molecular complexity index is 894. The van der Waals surface area contributed by atoms with Crippen molar-refractivity contribution in [3.05, 3.63) is 53.6 Å². The fraction of sp³-hybridized carbons (Fsp3) is 0.278. The first-order valence-corrected chi connectivity index (χ1v) is 9.37. The number of alkyl halides is 2. The minimum Gasteiger partial charge on any atom is -0.364 e. The summed E-state index contributed by atoms with van der Waals surface area (Å²) in [7, 11) is -3.29. The summed E-state index contributed by atoms with van der Waals surface area (Å²) in [6.45, 7) is 3.53. The number of carbonyl (C=O) groups excluding carboxylic acids is 1. The lowest BCUT2D eigenvalue weighted by Gasteiger charge is -2.22. The van der Waals surface area contributed by atoms with Gasteiger partial charge in [0.15, 0.2) is 0 Å². The number of rotatable bonds is 6. The van der Waals surface area contributed by atoms with Gasteiger partial charge < -0.3 is 10.2 Å². The van der Waals surface area contributed by atoms with Crippen molar-refractivity contribution in [3.63, 3.8) is 0 Å². The van der Waals surface area contributed by atoms with Crippen LogP contribution in [0.1, 0.15) is 11.1 Å². The predicted octanol–water partition coefficient (Wildman–Crippen LogP) is 3.37. The zero-order chi connectivity index (χ0) is 19.5. The van der Waals surface area contributed by atoms with Crippen molar-refractivity contribution in [2.75, 3.05) is 23.8 Å². The number of likely N-dealkylation sites (N-methyl/N-ethyl adjacent to an activating group) is 1. The molecule has 0 saturated heterocycles. The monoisotopic (exact) mass is 382 g/mol. The number of anilines is 2. The van der Waals surface area contributed by atoms with E-state index >= 15 is 0 Å². The molecule has 140 valence electrons. The number of benzene rings is 2. The van der Waals surface area contributed by atoms with Crippen LogP contribution < -0.4 is 10.2 Å². The maximum Gasteiger partial charge on any atom is 0.341 e. The summed E-state index contributed by atoms with van der Waals surface area (Å²) in [5.41, 5.74) is 2.51. The van der Waals surface area contributed by atoms with Crippen LogP contribution in [0.4, 0.5) is 20.2 Å².